The smallest absolute Gasteiger partial charge is 0.262 e. The first-order valence-electron chi connectivity index (χ1n) is 10.6. The van der Waals surface area contributed by atoms with E-state index < -0.39 is 17.9 Å². The van der Waals surface area contributed by atoms with Crippen LogP contribution in [0.3, 0.4) is 0 Å². The zero-order valence-electron chi connectivity index (χ0n) is 19.3. The Morgan fingerprint density at radius 1 is 1.06 bits per heavy atom. The molecular formula is C24H30N4O5. The largest absolute Gasteiger partial charge is 0.490 e. The first-order chi connectivity index (χ1) is 15.7. The number of carbonyl (C=O) groups is 3. The number of amides is 3. The second-order valence-electron chi connectivity index (χ2n) is 7.69. The molecule has 0 aliphatic rings. The molecule has 0 fully saturated rings. The average Bonchev–Trinajstić information content (AvgIpc) is 2.77. The summed E-state index contributed by atoms with van der Waals surface area (Å²) in [6.45, 7) is 7.54. The molecule has 0 heterocycles. The van der Waals surface area contributed by atoms with Gasteiger partial charge < -0.3 is 20.5 Å². The molecule has 0 aromatic heterocycles. The summed E-state index contributed by atoms with van der Waals surface area (Å²) in [5.74, 6) is -0.732. The summed E-state index contributed by atoms with van der Waals surface area (Å²) < 4.78 is 10.9. The Kier molecular flexibility index (Phi) is 9.41. The maximum absolute atomic E-state index is 12.6. The fourth-order valence-corrected chi connectivity index (χ4v) is 2.85. The third-order valence-electron chi connectivity index (χ3n) is 4.58. The fraction of sp³-hybridized carbons (Fsp3) is 0.333. The maximum Gasteiger partial charge on any atom is 0.262 e. The van der Waals surface area contributed by atoms with Crippen molar-refractivity contribution in [3.63, 3.8) is 0 Å². The van der Waals surface area contributed by atoms with Crippen LogP contribution in [0.25, 0.3) is 0 Å². The van der Waals surface area contributed by atoms with Crippen molar-refractivity contribution in [2.24, 2.45) is 16.8 Å². The lowest BCUT2D eigenvalue weighted by atomic mass is 10.0. The molecule has 0 spiro atoms. The number of primary amides is 1. The number of aryl methyl sites for hydroxylation is 1. The first-order valence-corrected chi connectivity index (χ1v) is 10.6. The highest BCUT2D eigenvalue weighted by Crippen LogP contribution is 2.28. The molecule has 4 N–H and O–H groups in total. The summed E-state index contributed by atoms with van der Waals surface area (Å²) in [4.78, 5) is 36.1. The highest BCUT2D eigenvalue weighted by molar-refractivity contribution is 5.97. The van der Waals surface area contributed by atoms with Crippen molar-refractivity contribution in [3.05, 3.63) is 59.2 Å². The van der Waals surface area contributed by atoms with Crippen molar-refractivity contribution in [2.45, 2.75) is 33.7 Å². The summed E-state index contributed by atoms with van der Waals surface area (Å²) in [6.07, 6.45) is 1.44. The normalized spacial score (nSPS) is 11.8. The molecule has 0 aliphatic heterocycles. The number of nitrogens with one attached hydrogen (secondary N) is 2. The van der Waals surface area contributed by atoms with Gasteiger partial charge in [0.25, 0.3) is 17.7 Å². The fourth-order valence-electron chi connectivity index (χ4n) is 2.85. The second kappa shape index (κ2) is 12.2. The molecule has 33 heavy (non-hydrogen) atoms. The van der Waals surface area contributed by atoms with Crippen molar-refractivity contribution in [3.8, 4) is 11.5 Å². The Morgan fingerprint density at radius 2 is 1.76 bits per heavy atom. The van der Waals surface area contributed by atoms with Gasteiger partial charge in [-0.05, 0) is 55.7 Å². The van der Waals surface area contributed by atoms with E-state index in [1.807, 2.05) is 39.8 Å². The lowest BCUT2D eigenvalue weighted by molar-refractivity contribution is -0.124. The van der Waals surface area contributed by atoms with E-state index in [9.17, 15) is 14.4 Å². The molecule has 3 amide bonds. The second-order valence-corrected chi connectivity index (χ2v) is 7.69. The number of carbonyl (C=O) groups excluding carboxylic acids is 3. The molecule has 2 aromatic rings. The van der Waals surface area contributed by atoms with Crippen LogP contribution in [0.4, 0.5) is 0 Å². The van der Waals surface area contributed by atoms with Gasteiger partial charge in [-0.2, -0.15) is 5.10 Å². The van der Waals surface area contributed by atoms with Crippen molar-refractivity contribution < 1.29 is 23.9 Å². The molecule has 0 saturated heterocycles. The van der Waals surface area contributed by atoms with Gasteiger partial charge in [0, 0.05) is 5.56 Å². The molecule has 0 aliphatic carbocycles. The quantitative estimate of drug-likeness (QED) is 0.354. The van der Waals surface area contributed by atoms with Crippen molar-refractivity contribution >= 4 is 23.9 Å². The summed E-state index contributed by atoms with van der Waals surface area (Å²) in [5.41, 5.74) is 9.73. The Hall–Kier alpha value is -3.88. The number of hydrogen-bond donors (Lipinski definition) is 3. The maximum atomic E-state index is 12.6. The van der Waals surface area contributed by atoms with Gasteiger partial charge in [-0.3, -0.25) is 14.4 Å². The topological polar surface area (TPSA) is 132 Å². The van der Waals surface area contributed by atoms with E-state index >= 15 is 0 Å². The Bertz CT molecular complexity index is 1000. The Balaban J connectivity index is 2.04. The van der Waals surface area contributed by atoms with E-state index in [0.717, 1.165) is 5.56 Å². The van der Waals surface area contributed by atoms with Gasteiger partial charge in [0.05, 0.1) is 12.8 Å². The van der Waals surface area contributed by atoms with E-state index in [4.69, 9.17) is 15.2 Å². The number of benzene rings is 2. The standard InChI is InChI=1S/C24H30N4O5/c1-5-32-20-12-17(8-11-19(20)33-14-21(25)29)13-26-28-24(31)22(15(2)3)27-23(30)18-9-6-16(4)7-10-18/h6-13,15,22H,5,14H2,1-4H3,(H2,25,29)(H,27,30)(H,28,31)/b26-13-. The van der Waals surface area contributed by atoms with Crippen LogP contribution in [0.1, 0.15) is 42.3 Å². The summed E-state index contributed by atoms with van der Waals surface area (Å²) in [5, 5.41) is 6.75. The van der Waals surface area contributed by atoms with Gasteiger partial charge in [-0.15, -0.1) is 0 Å². The summed E-state index contributed by atoms with van der Waals surface area (Å²) in [7, 11) is 0. The van der Waals surface area contributed by atoms with E-state index in [0.29, 0.717) is 29.2 Å². The highest BCUT2D eigenvalue weighted by atomic mass is 16.5. The molecule has 0 bridgehead atoms. The SMILES string of the molecule is CCOc1cc(/C=N\NC(=O)C(NC(=O)c2ccc(C)cc2)C(C)C)ccc1OCC(N)=O. The van der Waals surface area contributed by atoms with Gasteiger partial charge in [-0.1, -0.05) is 31.5 Å². The van der Waals surface area contributed by atoms with Gasteiger partial charge in [0.1, 0.15) is 6.04 Å². The van der Waals surface area contributed by atoms with E-state index in [-0.39, 0.29) is 18.4 Å². The lowest BCUT2D eigenvalue weighted by Gasteiger charge is -2.20. The van der Waals surface area contributed by atoms with Crippen LogP contribution >= 0.6 is 0 Å². The minimum atomic E-state index is -0.764. The molecule has 2 aromatic carbocycles. The average molecular weight is 455 g/mol. The van der Waals surface area contributed by atoms with Crippen LogP contribution in [0, 0.1) is 12.8 Å². The third kappa shape index (κ3) is 7.95. The van der Waals surface area contributed by atoms with E-state index in [2.05, 4.69) is 15.8 Å². The number of hydrazone groups is 1. The van der Waals surface area contributed by atoms with Crippen LogP contribution in [0.15, 0.2) is 47.6 Å². The predicted octanol–water partition coefficient (Wildman–Crippen LogP) is 2.16. The number of rotatable bonds is 11. The van der Waals surface area contributed by atoms with Gasteiger partial charge in [0.2, 0.25) is 0 Å². The van der Waals surface area contributed by atoms with Crippen LogP contribution < -0.4 is 25.9 Å². The molecule has 1 atom stereocenters. The van der Waals surface area contributed by atoms with Gasteiger partial charge >= 0.3 is 0 Å². The molecule has 0 saturated carbocycles. The van der Waals surface area contributed by atoms with Gasteiger partial charge in [0.15, 0.2) is 18.1 Å². The van der Waals surface area contributed by atoms with Crippen LogP contribution in [0.5, 0.6) is 11.5 Å². The number of nitrogens with zero attached hydrogens (tertiary/aromatic N) is 1. The molecule has 176 valence electrons. The zero-order valence-corrected chi connectivity index (χ0v) is 19.3. The van der Waals surface area contributed by atoms with Crippen LogP contribution in [-0.2, 0) is 9.59 Å². The lowest BCUT2D eigenvalue weighted by Crippen LogP contribution is -2.48. The number of ether oxygens (including phenoxy) is 2. The minimum Gasteiger partial charge on any atom is -0.490 e. The van der Waals surface area contributed by atoms with E-state index in [1.165, 1.54) is 6.21 Å². The van der Waals surface area contributed by atoms with Gasteiger partial charge in [-0.25, -0.2) is 5.43 Å². The molecule has 9 nitrogen and oxygen atoms in total. The van der Waals surface area contributed by atoms with Crippen molar-refractivity contribution in [1.82, 2.24) is 10.7 Å². The molecular weight excluding hydrogens is 424 g/mol. The van der Waals surface area contributed by atoms with Crippen LogP contribution in [0.2, 0.25) is 0 Å². The molecule has 0 radical (unpaired) electrons. The van der Waals surface area contributed by atoms with Crippen LogP contribution in [-0.4, -0.2) is 43.2 Å². The Labute approximate surface area is 193 Å². The summed E-state index contributed by atoms with van der Waals surface area (Å²) in [6, 6.07) is 11.3. The third-order valence-corrected chi connectivity index (χ3v) is 4.58. The summed E-state index contributed by atoms with van der Waals surface area (Å²) >= 11 is 0. The first kappa shape index (κ1) is 25.4. The highest BCUT2D eigenvalue weighted by Gasteiger charge is 2.24. The van der Waals surface area contributed by atoms with Crippen molar-refractivity contribution in [2.75, 3.05) is 13.2 Å². The van der Waals surface area contributed by atoms with E-state index in [1.54, 1.807) is 30.3 Å². The molecule has 9 heteroatoms. The predicted molar refractivity (Wildman–Crippen MR) is 125 cm³/mol. The monoisotopic (exact) mass is 454 g/mol. The molecule has 1 unspecified atom stereocenters. The van der Waals surface area contributed by atoms with Crippen molar-refractivity contribution in [1.29, 1.82) is 0 Å². The zero-order chi connectivity index (χ0) is 24.4. The number of hydrogen-bond acceptors (Lipinski definition) is 6. The molecule has 2 rings (SSSR count). The number of nitrogens with two attached hydrogens (primary N) is 1. The Morgan fingerprint density at radius 3 is 2.36 bits per heavy atom. The minimum absolute atomic E-state index is 0.152.